The van der Waals surface area contributed by atoms with Crippen molar-refractivity contribution in [2.75, 3.05) is 43.1 Å². The number of carbonyl (C=O) groups is 1. The minimum atomic E-state index is -0.140. The summed E-state index contributed by atoms with van der Waals surface area (Å²) in [6.07, 6.45) is 5.94. The van der Waals surface area contributed by atoms with Gasteiger partial charge in [-0.25, -0.2) is 4.79 Å². The maximum atomic E-state index is 12.0. The first-order valence-corrected chi connectivity index (χ1v) is 8.79. The highest BCUT2D eigenvalue weighted by Gasteiger charge is 2.20. The van der Waals surface area contributed by atoms with Crippen molar-refractivity contribution in [2.45, 2.75) is 32.1 Å². The fourth-order valence-corrected chi connectivity index (χ4v) is 2.89. The Kier molecular flexibility index (Phi) is 5.75. The van der Waals surface area contributed by atoms with E-state index in [1.54, 1.807) is 0 Å². The zero-order valence-electron chi connectivity index (χ0n) is 13.7. The number of hydrogen-bond donors (Lipinski definition) is 2. The van der Waals surface area contributed by atoms with E-state index in [1.807, 2.05) is 18.2 Å². The molecular weight excluding hydrogens is 290 g/mol. The van der Waals surface area contributed by atoms with Crippen LogP contribution in [0.1, 0.15) is 32.1 Å². The van der Waals surface area contributed by atoms with Gasteiger partial charge in [-0.3, -0.25) is 0 Å². The largest absolute Gasteiger partial charge is 0.381 e. The van der Waals surface area contributed by atoms with Gasteiger partial charge in [0.15, 0.2) is 0 Å². The van der Waals surface area contributed by atoms with Crippen molar-refractivity contribution < 1.29 is 9.53 Å². The van der Waals surface area contributed by atoms with Crippen LogP contribution in [-0.4, -0.2) is 38.9 Å². The van der Waals surface area contributed by atoms with Crippen LogP contribution in [0.15, 0.2) is 24.3 Å². The monoisotopic (exact) mass is 317 g/mol. The van der Waals surface area contributed by atoms with E-state index in [-0.39, 0.29) is 6.03 Å². The molecule has 0 bridgehead atoms. The minimum absolute atomic E-state index is 0.140. The van der Waals surface area contributed by atoms with E-state index >= 15 is 0 Å². The summed E-state index contributed by atoms with van der Waals surface area (Å²) < 4.78 is 5.57. The third-order valence-corrected chi connectivity index (χ3v) is 4.40. The molecule has 0 spiro atoms. The number of ether oxygens (including phenoxy) is 1. The van der Waals surface area contributed by atoms with Gasteiger partial charge in [-0.15, -0.1) is 0 Å². The Balaban J connectivity index is 1.38. The van der Waals surface area contributed by atoms with Crippen LogP contribution >= 0.6 is 0 Å². The summed E-state index contributed by atoms with van der Waals surface area (Å²) >= 11 is 0. The van der Waals surface area contributed by atoms with Gasteiger partial charge in [0.1, 0.15) is 0 Å². The highest BCUT2D eigenvalue weighted by atomic mass is 16.5. The number of anilines is 2. The van der Waals surface area contributed by atoms with Crippen molar-refractivity contribution in [1.29, 1.82) is 0 Å². The molecule has 1 saturated carbocycles. The van der Waals surface area contributed by atoms with Gasteiger partial charge >= 0.3 is 6.03 Å². The molecule has 2 aliphatic rings. The molecule has 1 aromatic carbocycles. The first-order valence-electron chi connectivity index (χ1n) is 8.79. The van der Waals surface area contributed by atoms with Crippen LogP contribution in [0, 0.1) is 5.92 Å². The number of para-hydroxylation sites is 2. The lowest BCUT2D eigenvalue weighted by Gasteiger charge is -2.21. The third kappa shape index (κ3) is 5.13. The molecule has 23 heavy (non-hydrogen) atoms. The smallest absolute Gasteiger partial charge is 0.319 e. The molecule has 0 atom stereocenters. The van der Waals surface area contributed by atoms with E-state index in [0.717, 1.165) is 50.0 Å². The Hall–Kier alpha value is -1.75. The second kappa shape index (κ2) is 8.20. The minimum Gasteiger partial charge on any atom is -0.381 e. The van der Waals surface area contributed by atoms with Gasteiger partial charge in [0.05, 0.1) is 11.4 Å². The number of carbonyl (C=O) groups excluding carboxylic acids is 1. The van der Waals surface area contributed by atoms with Gasteiger partial charge in [-0.1, -0.05) is 12.1 Å². The Morgan fingerprint density at radius 2 is 2.00 bits per heavy atom. The maximum absolute atomic E-state index is 12.0. The molecule has 126 valence electrons. The molecule has 0 unspecified atom stereocenters. The summed E-state index contributed by atoms with van der Waals surface area (Å²) in [6.45, 7) is 4.39. The molecule has 2 amide bonds. The van der Waals surface area contributed by atoms with Gasteiger partial charge in [-0.05, 0) is 50.2 Å². The number of amides is 2. The highest BCUT2D eigenvalue weighted by molar-refractivity contribution is 5.93. The van der Waals surface area contributed by atoms with E-state index in [9.17, 15) is 4.79 Å². The average Bonchev–Trinajstić information content (AvgIpc) is 3.22. The maximum Gasteiger partial charge on any atom is 0.319 e. The lowest BCUT2D eigenvalue weighted by molar-refractivity contribution is 0.122. The number of rotatable bonds is 8. The standard InChI is InChI=1S/C18H27N3O2/c22-18(19-10-5-13-23-14-15-8-9-15)20-16-6-1-2-7-17(16)21-11-3-4-12-21/h1-2,6-7,15H,3-5,8-14H2,(H2,19,20,22). The molecule has 2 fully saturated rings. The van der Waals surface area contributed by atoms with Crippen LogP contribution in [0.5, 0.6) is 0 Å². The van der Waals surface area contributed by atoms with Crippen LogP contribution in [-0.2, 0) is 4.74 Å². The second-order valence-corrected chi connectivity index (χ2v) is 6.46. The summed E-state index contributed by atoms with van der Waals surface area (Å²) in [7, 11) is 0. The van der Waals surface area contributed by atoms with E-state index < -0.39 is 0 Å². The van der Waals surface area contributed by atoms with Gasteiger partial charge in [-0.2, -0.15) is 0 Å². The predicted octanol–water partition coefficient (Wildman–Crippen LogP) is 3.23. The summed E-state index contributed by atoms with van der Waals surface area (Å²) in [5.41, 5.74) is 2.00. The fraction of sp³-hybridized carbons (Fsp3) is 0.611. The first kappa shape index (κ1) is 16.1. The zero-order valence-corrected chi connectivity index (χ0v) is 13.7. The zero-order chi connectivity index (χ0) is 15.9. The fourth-order valence-electron chi connectivity index (χ4n) is 2.89. The van der Waals surface area contributed by atoms with Gasteiger partial charge in [0.2, 0.25) is 0 Å². The van der Waals surface area contributed by atoms with Crippen molar-refractivity contribution in [3.8, 4) is 0 Å². The molecule has 0 radical (unpaired) electrons. The number of hydrogen-bond acceptors (Lipinski definition) is 3. The van der Waals surface area contributed by atoms with Crippen molar-refractivity contribution in [3.05, 3.63) is 24.3 Å². The van der Waals surface area contributed by atoms with Crippen molar-refractivity contribution >= 4 is 17.4 Å². The number of benzene rings is 1. The van der Waals surface area contributed by atoms with Crippen LogP contribution in [0.3, 0.4) is 0 Å². The van der Waals surface area contributed by atoms with Gasteiger partial charge in [0, 0.05) is 32.8 Å². The molecule has 5 heteroatoms. The number of nitrogens with zero attached hydrogens (tertiary/aromatic N) is 1. The highest BCUT2D eigenvalue weighted by Crippen LogP contribution is 2.29. The number of nitrogens with one attached hydrogen (secondary N) is 2. The summed E-state index contributed by atoms with van der Waals surface area (Å²) in [6, 6.07) is 7.88. The quantitative estimate of drug-likeness (QED) is 0.724. The SMILES string of the molecule is O=C(NCCCOCC1CC1)Nc1ccccc1N1CCCC1. The van der Waals surface area contributed by atoms with Gasteiger partial charge < -0.3 is 20.3 Å². The molecule has 5 nitrogen and oxygen atoms in total. The van der Waals surface area contributed by atoms with E-state index in [1.165, 1.54) is 25.7 Å². The molecule has 1 saturated heterocycles. The molecule has 0 aromatic heterocycles. The van der Waals surface area contributed by atoms with E-state index in [4.69, 9.17) is 4.74 Å². The van der Waals surface area contributed by atoms with Crippen molar-refractivity contribution in [2.24, 2.45) is 5.92 Å². The van der Waals surface area contributed by atoms with Crippen LogP contribution in [0.4, 0.5) is 16.2 Å². The van der Waals surface area contributed by atoms with E-state index in [0.29, 0.717) is 6.54 Å². The second-order valence-electron chi connectivity index (χ2n) is 6.46. The van der Waals surface area contributed by atoms with E-state index in [2.05, 4.69) is 21.6 Å². The Bertz CT molecular complexity index is 511. The molecule has 1 heterocycles. The first-order chi connectivity index (χ1) is 11.3. The summed E-state index contributed by atoms with van der Waals surface area (Å²) in [5.74, 6) is 0.799. The molecular formula is C18H27N3O2. The lowest BCUT2D eigenvalue weighted by Crippen LogP contribution is -2.31. The van der Waals surface area contributed by atoms with Crippen LogP contribution < -0.4 is 15.5 Å². The molecule has 1 aromatic rings. The molecule has 1 aliphatic carbocycles. The molecule has 2 N–H and O–H groups in total. The lowest BCUT2D eigenvalue weighted by atomic mass is 10.2. The molecule has 3 rings (SSSR count). The summed E-state index contributed by atoms with van der Waals surface area (Å²) in [4.78, 5) is 14.4. The van der Waals surface area contributed by atoms with Crippen molar-refractivity contribution in [1.82, 2.24) is 5.32 Å². The number of urea groups is 1. The third-order valence-electron chi connectivity index (χ3n) is 4.40. The topological polar surface area (TPSA) is 53.6 Å². The normalized spacial score (nSPS) is 17.3. The Labute approximate surface area is 138 Å². The Morgan fingerprint density at radius 1 is 1.22 bits per heavy atom. The molecule has 1 aliphatic heterocycles. The Morgan fingerprint density at radius 3 is 2.78 bits per heavy atom. The van der Waals surface area contributed by atoms with Gasteiger partial charge in [0.25, 0.3) is 0 Å². The summed E-state index contributed by atoms with van der Waals surface area (Å²) in [5, 5.41) is 5.88. The van der Waals surface area contributed by atoms with Crippen molar-refractivity contribution in [3.63, 3.8) is 0 Å². The average molecular weight is 317 g/mol. The van der Waals surface area contributed by atoms with Crippen LogP contribution in [0.2, 0.25) is 0 Å². The predicted molar refractivity (Wildman–Crippen MR) is 93.1 cm³/mol. The van der Waals surface area contributed by atoms with Crippen LogP contribution in [0.25, 0.3) is 0 Å².